The van der Waals surface area contributed by atoms with Crippen molar-refractivity contribution in [3.63, 3.8) is 0 Å². The number of rotatable bonds is 7. The van der Waals surface area contributed by atoms with Gasteiger partial charge in [0.05, 0.1) is 6.20 Å². The second-order valence-corrected chi connectivity index (χ2v) is 7.40. The van der Waals surface area contributed by atoms with E-state index in [0.29, 0.717) is 18.5 Å². The van der Waals surface area contributed by atoms with Gasteiger partial charge in [0, 0.05) is 18.2 Å². The van der Waals surface area contributed by atoms with Crippen molar-refractivity contribution < 1.29 is 8.42 Å². The molecule has 0 atom stereocenters. The van der Waals surface area contributed by atoms with Gasteiger partial charge in [0.1, 0.15) is 5.01 Å². The monoisotopic (exact) mass is 330 g/mol. The molecular formula is C11H18N6O2S2. The molecule has 3 N–H and O–H groups in total. The Morgan fingerprint density at radius 2 is 2.14 bits per heavy atom. The first-order chi connectivity index (χ1) is 9.92. The molecule has 2 rings (SSSR count). The summed E-state index contributed by atoms with van der Waals surface area (Å²) in [5.74, 6) is 0. The molecule has 0 aliphatic carbocycles. The van der Waals surface area contributed by atoms with Crippen molar-refractivity contribution >= 4 is 26.5 Å². The van der Waals surface area contributed by atoms with Gasteiger partial charge in [0.2, 0.25) is 5.13 Å². The Morgan fingerprint density at radius 1 is 1.38 bits per heavy atom. The minimum absolute atomic E-state index is 0.0453. The first kappa shape index (κ1) is 15.9. The lowest BCUT2D eigenvalue weighted by Gasteiger charge is -2.08. The summed E-state index contributed by atoms with van der Waals surface area (Å²) in [5.41, 5.74) is 0.580. The zero-order chi connectivity index (χ0) is 15.5. The molecule has 0 spiro atoms. The van der Waals surface area contributed by atoms with Gasteiger partial charge in [-0.15, -0.1) is 10.2 Å². The Balaban J connectivity index is 2.17. The third-order valence-electron chi connectivity index (χ3n) is 2.64. The maximum Gasteiger partial charge on any atom is 0.280 e. The lowest BCUT2D eigenvalue weighted by atomic mass is 10.3. The van der Waals surface area contributed by atoms with Gasteiger partial charge in [-0.25, -0.2) is 0 Å². The van der Waals surface area contributed by atoms with Crippen LogP contribution < -0.4 is 10.0 Å². The zero-order valence-electron chi connectivity index (χ0n) is 12.0. The van der Waals surface area contributed by atoms with E-state index in [-0.39, 0.29) is 16.2 Å². The first-order valence-corrected chi connectivity index (χ1v) is 8.83. The molecule has 8 nitrogen and oxygen atoms in total. The van der Waals surface area contributed by atoms with Gasteiger partial charge in [0.25, 0.3) is 10.0 Å². The third-order valence-corrected chi connectivity index (χ3v) is 5.10. The van der Waals surface area contributed by atoms with Crippen LogP contribution in [0.3, 0.4) is 0 Å². The number of H-pyrrole nitrogens is 1. The van der Waals surface area contributed by atoms with Gasteiger partial charge in [0.15, 0.2) is 5.03 Å². The SMILES string of the molecule is CCc1nnc(NS(=O)(=O)c2[nH]ncc2CNC(C)C)s1. The van der Waals surface area contributed by atoms with E-state index in [4.69, 9.17) is 0 Å². The summed E-state index contributed by atoms with van der Waals surface area (Å²) < 4.78 is 27.1. The molecule has 0 bridgehead atoms. The van der Waals surface area contributed by atoms with Crippen molar-refractivity contribution in [3.8, 4) is 0 Å². The maximum absolute atomic E-state index is 12.4. The van der Waals surface area contributed by atoms with Crippen LogP contribution in [0.2, 0.25) is 0 Å². The summed E-state index contributed by atoms with van der Waals surface area (Å²) in [6.07, 6.45) is 2.22. The highest BCUT2D eigenvalue weighted by Gasteiger charge is 2.22. The number of nitrogens with zero attached hydrogens (tertiary/aromatic N) is 3. The van der Waals surface area contributed by atoms with Crippen LogP contribution in [0.4, 0.5) is 5.13 Å². The Hall–Kier alpha value is -1.52. The highest BCUT2D eigenvalue weighted by Crippen LogP contribution is 2.21. The Labute approximate surface area is 127 Å². The lowest BCUT2D eigenvalue weighted by Crippen LogP contribution is -2.23. The molecule has 0 saturated heterocycles. The number of hydrogen-bond acceptors (Lipinski definition) is 7. The molecule has 0 aromatic carbocycles. The van der Waals surface area contributed by atoms with E-state index < -0.39 is 10.0 Å². The predicted octanol–water partition coefficient (Wildman–Crippen LogP) is 1.12. The average molecular weight is 330 g/mol. The summed E-state index contributed by atoms with van der Waals surface area (Å²) in [4.78, 5) is 0. The third kappa shape index (κ3) is 3.99. The van der Waals surface area contributed by atoms with Crippen LogP contribution in [0.1, 0.15) is 31.3 Å². The van der Waals surface area contributed by atoms with Gasteiger partial charge < -0.3 is 5.32 Å². The van der Waals surface area contributed by atoms with Crippen LogP contribution in [0.25, 0.3) is 0 Å². The highest BCUT2D eigenvalue weighted by atomic mass is 32.2. The molecule has 10 heteroatoms. The van der Waals surface area contributed by atoms with Gasteiger partial charge in [-0.05, 0) is 6.42 Å². The second-order valence-electron chi connectivity index (χ2n) is 4.72. The van der Waals surface area contributed by atoms with Crippen molar-refractivity contribution in [3.05, 3.63) is 16.8 Å². The Morgan fingerprint density at radius 3 is 2.76 bits per heavy atom. The minimum Gasteiger partial charge on any atom is -0.310 e. The lowest BCUT2D eigenvalue weighted by molar-refractivity contribution is 0.574. The largest absolute Gasteiger partial charge is 0.310 e. The molecule has 0 aliphatic heterocycles. The molecule has 21 heavy (non-hydrogen) atoms. The van der Waals surface area contributed by atoms with E-state index in [9.17, 15) is 8.42 Å². The number of aromatic nitrogens is 4. The zero-order valence-corrected chi connectivity index (χ0v) is 13.7. The molecule has 116 valence electrons. The molecule has 0 unspecified atom stereocenters. The van der Waals surface area contributed by atoms with Crippen LogP contribution in [-0.4, -0.2) is 34.9 Å². The van der Waals surface area contributed by atoms with Gasteiger partial charge >= 0.3 is 0 Å². The van der Waals surface area contributed by atoms with E-state index >= 15 is 0 Å². The van der Waals surface area contributed by atoms with Crippen LogP contribution >= 0.6 is 11.3 Å². The van der Waals surface area contributed by atoms with Crippen LogP contribution in [0.15, 0.2) is 11.2 Å². The van der Waals surface area contributed by atoms with Gasteiger partial charge in [-0.1, -0.05) is 32.1 Å². The van der Waals surface area contributed by atoms with E-state index in [2.05, 4.69) is 30.4 Å². The van der Waals surface area contributed by atoms with Crippen molar-refractivity contribution in [2.75, 3.05) is 4.72 Å². The number of aromatic amines is 1. The quantitative estimate of drug-likeness (QED) is 0.701. The summed E-state index contributed by atoms with van der Waals surface area (Å²) in [6, 6.07) is 0.249. The predicted molar refractivity (Wildman–Crippen MR) is 80.7 cm³/mol. The summed E-state index contributed by atoms with van der Waals surface area (Å²) in [6.45, 7) is 6.32. The molecular weight excluding hydrogens is 312 g/mol. The van der Waals surface area contributed by atoms with Crippen molar-refractivity contribution in [2.24, 2.45) is 0 Å². The number of sulfonamides is 1. The Bertz CT molecular complexity index is 691. The van der Waals surface area contributed by atoms with Crippen LogP contribution in [0.5, 0.6) is 0 Å². The molecule has 2 aromatic heterocycles. The highest BCUT2D eigenvalue weighted by molar-refractivity contribution is 7.92. The molecule has 0 amide bonds. The fraction of sp³-hybridized carbons (Fsp3) is 0.545. The van der Waals surface area contributed by atoms with E-state index in [1.165, 1.54) is 17.5 Å². The van der Waals surface area contributed by atoms with Crippen LogP contribution in [0, 0.1) is 0 Å². The molecule has 0 radical (unpaired) electrons. The Kier molecular flexibility index (Phi) is 4.91. The number of nitrogens with one attached hydrogen (secondary N) is 3. The normalized spacial score (nSPS) is 12.0. The van der Waals surface area contributed by atoms with E-state index in [1.807, 2.05) is 20.8 Å². The fourth-order valence-corrected chi connectivity index (χ4v) is 3.62. The standard InChI is InChI=1S/C11H18N6O2S2/c1-4-9-14-16-11(20-9)17-21(18,19)10-8(6-13-15-10)5-12-7(2)3/h6-7,12H,4-5H2,1-3H3,(H,13,15)(H,16,17). The molecule has 0 fully saturated rings. The summed E-state index contributed by atoms with van der Waals surface area (Å²) in [7, 11) is -3.74. The smallest absolute Gasteiger partial charge is 0.280 e. The molecule has 2 aromatic rings. The molecule has 2 heterocycles. The second kappa shape index (κ2) is 6.50. The fourth-order valence-electron chi connectivity index (χ4n) is 1.58. The number of hydrogen-bond donors (Lipinski definition) is 3. The number of aryl methyl sites for hydroxylation is 1. The molecule has 0 aliphatic rings. The minimum atomic E-state index is -3.74. The van der Waals surface area contributed by atoms with Crippen LogP contribution in [-0.2, 0) is 23.0 Å². The maximum atomic E-state index is 12.4. The van der Waals surface area contributed by atoms with Crippen molar-refractivity contribution in [2.45, 2.75) is 44.8 Å². The average Bonchev–Trinajstić information content (AvgIpc) is 3.04. The van der Waals surface area contributed by atoms with Gasteiger partial charge in [-0.3, -0.25) is 9.82 Å². The van der Waals surface area contributed by atoms with Crippen molar-refractivity contribution in [1.29, 1.82) is 0 Å². The number of anilines is 1. The summed E-state index contributed by atoms with van der Waals surface area (Å²) >= 11 is 1.22. The molecule has 0 saturated carbocycles. The first-order valence-electron chi connectivity index (χ1n) is 6.53. The van der Waals surface area contributed by atoms with Crippen molar-refractivity contribution in [1.82, 2.24) is 25.7 Å². The van der Waals surface area contributed by atoms with E-state index in [1.54, 1.807) is 0 Å². The topological polar surface area (TPSA) is 113 Å². The van der Waals surface area contributed by atoms with Gasteiger partial charge in [-0.2, -0.15) is 13.5 Å². The summed E-state index contributed by atoms with van der Waals surface area (Å²) in [5, 5.41) is 18.3. The van der Waals surface area contributed by atoms with E-state index in [0.717, 1.165) is 5.01 Å².